The van der Waals surface area contributed by atoms with E-state index in [1.54, 1.807) is 12.1 Å². The molecule has 0 aliphatic rings. The number of amides is 1. The Labute approximate surface area is 181 Å². The minimum atomic E-state index is -0.660. The molecule has 0 saturated heterocycles. The van der Waals surface area contributed by atoms with E-state index in [2.05, 4.69) is 20.5 Å². The fraction of sp³-hybridized carbons (Fsp3) is 0.0500. The molecule has 0 radical (unpaired) electrons. The van der Waals surface area contributed by atoms with Gasteiger partial charge in [0, 0.05) is 17.4 Å². The second kappa shape index (κ2) is 9.82. The fourth-order valence-corrected chi connectivity index (χ4v) is 2.78. The highest BCUT2D eigenvalue weighted by Crippen LogP contribution is 2.29. The van der Waals surface area contributed by atoms with Crippen LogP contribution < -0.4 is 14.9 Å². The maximum atomic E-state index is 12.4. The molecular formula is C20H14Cl2N4O4. The lowest BCUT2D eigenvalue weighted by Gasteiger charge is -2.10. The number of ether oxygens (including phenoxy) is 2. The smallest absolute Gasteiger partial charge is 0.345 e. The van der Waals surface area contributed by atoms with E-state index in [9.17, 15) is 9.59 Å². The summed E-state index contributed by atoms with van der Waals surface area (Å²) < 4.78 is 10.6. The molecule has 10 heteroatoms. The van der Waals surface area contributed by atoms with Crippen molar-refractivity contribution in [3.63, 3.8) is 0 Å². The summed E-state index contributed by atoms with van der Waals surface area (Å²) in [6.07, 6.45) is 5.59. The Balaban J connectivity index is 1.70. The number of nitrogens with one attached hydrogen (secondary N) is 1. The van der Waals surface area contributed by atoms with Crippen LogP contribution in [0.25, 0.3) is 0 Å². The number of benzene rings is 2. The molecule has 0 bridgehead atoms. The van der Waals surface area contributed by atoms with Crippen molar-refractivity contribution in [3.05, 3.63) is 81.9 Å². The Bertz CT molecular complexity index is 1110. The lowest BCUT2D eigenvalue weighted by molar-refractivity contribution is 0.0729. The van der Waals surface area contributed by atoms with E-state index in [1.807, 2.05) is 0 Å². The first-order valence-corrected chi connectivity index (χ1v) is 9.18. The van der Waals surface area contributed by atoms with Crippen LogP contribution in [0.5, 0.6) is 11.5 Å². The summed E-state index contributed by atoms with van der Waals surface area (Å²) in [5, 5.41) is 4.45. The largest absolute Gasteiger partial charge is 0.493 e. The van der Waals surface area contributed by atoms with Crippen LogP contribution in [0.4, 0.5) is 0 Å². The SMILES string of the molecule is COc1cc(/C=N/NC(=O)c2cnccn2)ccc1OC(=O)c1ccc(Cl)cc1Cl. The van der Waals surface area contributed by atoms with Crippen LogP contribution >= 0.6 is 23.2 Å². The number of nitrogens with zero attached hydrogens (tertiary/aromatic N) is 3. The van der Waals surface area contributed by atoms with E-state index in [1.165, 1.54) is 56.2 Å². The summed E-state index contributed by atoms with van der Waals surface area (Å²) in [5.74, 6) is -0.684. The highest BCUT2D eigenvalue weighted by Gasteiger charge is 2.16. The number of aromatic nitrogens is 2. The third-order valence-corrected chi connectivity index (χ3v) is 4.26. The lowest BCUT2D eigenvalue weighted by atomic mass is 10.2. The van der Waals surface area contributed by atoms with Gasteiger partial charge in [-0.05, 0) is 42.0 Å². The summed E-state index contributed by atoms with van der Waals surface area (Å²) in [5.41, 5.74) is 3.24. The van der Waals surface area contributed by atoms with Gasteiger partial charge in [0.15, 0.2) is 11.5 Å². The average molecular weight is 445 g/mol. The van der Waals surface area contributed by atoms with Crippen LogP contribution in [0, 0.1) is 0 Å². The predicted octanol–water partition coefficient (Wildman–Crippen LogP) is 3.78. The molecular weight excluding hydrogens is 431 g/mol. The lowest BCUT2D eigenvalue weighted by Crippen LogP contribution is -2.19. The van der Waals surface area contributed by atoms with Crippen LogP contribution in [-0.4, -0.2) is 35.2 Å². The number of methoxy groups -OCH3 is 1. The maximum Gasteiger partial charge on any atom is 0.345 e. The Kier molecular flexibility index (Phi) is 6.95. The molecule has 0 fully saturated rings. The molecule has 1 amide bonds. The van der Waals surface area contributed by atoms with Gasteiger partial charge in [0.2, 0.25) is 0 Å². The first-order chi connectivity index (χ1) is 14.5. The molecule has 152 valence electrons. The second-order valence-corrected chi connectivity index (χ2v) is 6.56. The minimum Gasteiger partial charge on any atom is -0.493 e. The molecule has 30 heavy (non-hydrogen) atoms. The average Bonchev–Trinajstić information content (AvgIpc) is 2.75. The zero-order valence-electron chi connectivity index (χ0n) is 15.5. The van der Waals surface area contributed by atoms with Crippen molar-refractivity contribution in [3.8, 4) is 11.5 Å². The van der Waals surface area contributed by atoms with Crippen molar-refractivity contribution in [1.29, 1.82) is 0 Å². The zero-order valence-corrected chi connectivity index (χ0v) is 17.0. The number of carbonyl (C=O) groups excluding carboxylic acids is 2. The highest BCUT2D eigenvalue weighted by molar-refractivity contribution is 6.36. The molecule has 3 rings (SSSR count). The number of carbonyl (C=O) groups is 2. The predicted molar refractivity (Wildman–Crippen MR) is 112 cm³/mol. The van der Waals surface area contributed by atoms with Crippen LogP contribution in [0.2, 0.25) is 10.0 Å². The summed E-state index contributed by atoms with van der Waals surface area (Å²) in [7, 11) is 1.43. The number of hydrogen-bond donors (Lipinski definition) is 1. The Hall–Kier alpha value is -3.49. The van der Waals surface area contributed by atoms with Crippen molar-refractivity contribution >= 4 is 41.3 Å². The Morgan fingerprint density at radius 1 is 1.10 bits per heavy atom. The molecule has 3 aromatic rings. The molecule has 8 nitrogen and oxygen atoms in total. The molecule has 2 aromatic carbocycles. The topological polar surface area (TPSA) is 103 Å². The number of rotatable bonds is 6. The van der Waals surface area contributed by atoms with Gasteiger partial charge < -0.3 is 9.47 Å². The van der Waals surface area contributed by atoms with Gasteiger partial charge in [-0.15, -0.1) is 0 Å². The van der Waals surface area contributed by atoms with E-state index in [0.29, 0.717) is 10.6 Å². The van der Waals surface area contributed by atoms with Crippen LogP contribution in [0.1, 0.15) is 26.4 Å². The fourth-order valence-electron chi connectivity index (χ4n) is 2.30. The van der Waals surface area contributed by atoms with E-state index in [0.717, 1.165) is 0 Å². The molecule has 1 N–H and O–H groups in total. The molecule has 0 atom stereocenters. The monoisotopic (exact) mass is 444 g/mol. The third-order valence-electron chi connectivity index (χ3n) is 3.72. The van der Waals surface area contributed by atoms with Gasteiger partial charge >= 0.3 is 5.97 Å². The molecule has 0 saturated carbocycles. The maximum absolute atomic E-state index is 12.4. The van der Waals surface area contributed by atoms with Crippen molar-refractivity contribution in [2.75, 3.05) is 7.11 Å². The molecule has 1 heterocycles. The molecule has 0 aliphatic heterocycles. The van der Waals surface area contributed by atoms with Crippen LogP contribution in [-0.2, 0) is 0 Å². The molecule has 0 aliphatic carbocycles. The first-order valence-electron chi connectivity index (χ1n) is 8.42. The van der Waals surface area contributed by atoms with Crippen molar-refractivity contribution in [1.82, 2.24) is 15.4 Å². The summed E-state index contributed by atoms with van der Waals surface area (Å²) in [4.78, 5) is 32.0. The van der Waals surface area contributed by atoms with Gasteiger partial charge in [-0.2, -0.15) is 5.10 Å². The number of hydrogen-bond acceptors (Lipinski definition) is 7. The van der Waals surface area contributed by atoms with Gasteiger partial charge in [-0.3, -0.25) is 9.78 Å². The quantitative estimate of drug-likeness (QED) is 0.268. The first kappa shape index (κ1) is 21.2. The summed E-state index contributed by atoms with van der Waals surface area (Å²) in [6.45, 7) is 0. The summed E-state index contributed by atoms with van der Waals surface area (Å²) >= 11 is 11.9. The number of hydrazone groups is 1. The van der Waals surface area contributed by atoms with E-state index in [4.69, 9.17) is 32.7 Å². The third kappa shape index (κ3) is 5.31. The Morgan fingerprint density at radius 2 is 1.93 bits per heavy atom. The number of esters is 1. The van der Waals surface area contributed by atoms with E-state index in [-0.39, 0.29) is 27.8 Å². The normalized spacial score (nSPS) is 10.6. The van der Waals surface area contributed by atoms with Crippen molar-refractivity contribution in [2.24, 2.45) is 5.10 Å². The van der Waals surface area contributed by atoms with Crippen molar-refractivity contribution in [2.45, 2.75) is 0 Å². The minimum absolute atomic E-state index is 0.135. The van der Waals surface area contributed by atoms with Gasteiger partial charge in [-0.25, -0.2) is 15.2 Å². The molecule has 0 unspecified atom stereocenters. The van der Waals surface area contributed by atoms with Gasteiger partial charge in [0.05, 0.1) is 30.1 Å². The van der Waals surface area contributed by atoms with Crippen LogP contribution in [0.15, 0.2) is 60.1 Å². The van der Waals surface area contributed by atoms with E-state index >= 15 is 0 Å². The Morgan fingerprint density at radius 3 is 2.63 bits per heavy atom. The molecule has 0 spiro atoms. The molecule has 1 aromatic heterocycles. The van der Waals surface area contributed by atoms with Crippen molar-refractivity contribution < 1.29 is 19.1 Å². The van der Waals surface area contributed by atoms with Gasteiger partial charge in [-0.1, -0.05) is 23.2 Å². The van der Waals surface area contributed by atoms with Crippen LogP contribution in [0.3, 0.4) is 0 Å². The highest BCUT2D eigenvalue weighted by atomic mass is 35.5. The zero-order chi connectivity index (χ0) is 21.5. The number of halogens is 2. The summed E-state index contributed by atoms with van der Waals surface area (Å²) in [6, 6.07) is 9.21. The van der Waals surface area contributed by atoms with Gasteiger partial charge in [0.1, 0.15) is 5.69 Å². The standard InChI is InChI=1S/C20H14Cl2N4O4/c1-29-18-8-12(10-25-26-19(27)16-11-23-6-7-24-16)2-5-17(18)30-20(28)14-4-3-13(21)9-15(14)22/h2-11H,1H3,(H,26,27)/b25-10+. The second-order valence-electron chi connectivity index (χ2n) is 5.71. The van der Waals surface area contributed by atoms with E-state index < -0.39 is 11.9 Å². The van der Waals surface area contributed by atoms with Gasteiger partial charge in [0.25, 0.3) is 5.91 Å².